The summed E-state index contributed by atoms with van der Waals surface area (Å²) in [5, 5.41) is 18.8. The van der Waals surface area contributed by atoms with Crippen LogP contribution in [0.4, 0.5) is 0 Å². The summed E-state index contributed by atoms with van der Waals surface area (Å²) < 4.78 is 11.2. The minimum atomic E-state index is -0.923. The van der Waals surface area contributed by atoms with E-state index in [9.17, 15) is 5.11 Å². The van der Waals surface area contributed by atoms with Gasteiger partial charge in [0.1, 0.15) is 12.2 Å². The van der Waals surface area contributed by atoms with Crippen molar-refractivity contribution in [3.63, 3.8) is 0 Å². The monoisotopic (exact) mass is 282 g/mol. The van der Waals surface area contributed by atoms with E-state index in [-0.39, 0.29) is 18.6 Å². The molecule has 1 rings (SSSR count). The maximum Gasteiger partial charge on any atom is 0.109 e. The Hall–Kier alpha value is -0.940. The molecule has 0 aromatic heterocycles. The van der Waals surface area contributed by atoms with Crippen LogP contribution in [0.1, 0.15) is 26.3 Å². The number of aliphatic hydroxyl groups excluding tert-OH is 2. The predicted molar refractivity (Wildman–Crippen MR) is 78.4 cm³/mol. The van der Waals surface area contributed by atoms with Crippen LogP contribution in [0.25, 0.3) is 0 Å². The fraction of sp³-hybridized carbons (Fsp3) is 0.625. The summed E-state index contributed by atoms with van der Waals surface area (Å²) in [6, 6.07) is 9.82. The van der Waals surface area contributed by atoms with Crippen molar-refractivity contribution in [2.75, 3.05) is 19.8 Å². The maximum absolute atomic E-state index is 9.76. The van der Waals surface area contributed by atoms with Gasteiger partial charge in [-0.3, -0.25) is 0 Å². The topological polar surface area (TPSA) is 58.9 Å². The van der Waals surface area contributed by atoms with Gasteiger partial charge in [-0.05, 0) is 11.0 Å². The van der Waals surface area contributed by atoms with E-state index in [1.165, 1.54) is 0 Å². The van der Waals surface area contributed by atoms with Crippen molar-refractivity contribution in [3.05, 3.63) is 35.9 Å². The third-order valence-electron chi connectivity index (χ3n) is 2.74. The Bertz CT molecular complexity index is 358. The summed E-state index contributed by atoms with van der Waals surface area (Å²) >= 11 is 0. The highest BCUT2D eigenvalue weighted by Crippen LogP contribution is 2.15. The standard InChI is InChI=1S/C16H26O4/c1-16(2,3)12-20-15(14(18)9-17)11-19-10-13-7-5-4-6-8-13/h4-8,14-15,17-18H,9-12H2,1-3H3/t14-,15+/m1/s1. The smallest absolute Gasteiger partial charge is 0.109 e. The normalized spacial score (nSPS) is 15.1. The Balaban J connectivity index is 2.40. The van der Waals surface area contributed by atoms with Crippen molar-refractivity contribution in [1.82, 2.24) is 0 Å². The second-order valence-electron chi connectivity index (χ2n) is 6.16. The van der Waals surface area contributed by atoms with Gasteiger partial charge in [0.2, 0.25) is 0 Å². The lowest BCUT2D eigenvalue weighted by Gasteiger charge is -2.26. The quantitative estimate of drug-likeness (QED) is 0.765. The average molecular weight is 282 g/mol. The minimum absolute atomic E-state index is 0.00680. The molecule has 0 aliphatic carbocycles. The maximum atomic E-state index is 9.76. The molecule has 0 aliphatic rings. The van der Waals surface area contributed by atoms with Gasteiger partial charge in [-0.1, -0.05) is 51.1 Å². The zero-order valence-electron chi connectivity index (χ0n) is 12.6. The molecule has 2 N–H and O–H groups in total. The van der Waals surface area contributed by atoms with Gasteiger partial charge in [-0.2, -0.15) is 0 Å². The lowest BCUT2D eigenvalue weighted by Crippen LogP contribution is -2.38. The number of hydrogen-bond donors (Lipinski definition) is 2. The summed E-state index contributed by atoms with van der Waals surface area (Å²) in [6.45, 7) is 7.06. The Labute approximate surface area is 121 Å². The van der Waals surface area contributed by atoms with E-state index in [4.69, 9.17) is 14.6 Å². The van der Waals surface area contributed by atoms with Crippen molar-refractivity contribution in [2.24, 2.45) is 5.41 Å². The van der Waals surface area contributed by atoms with Crippen molar-refractivity contribution in [3.8, 4) is 0 Å². The van der Waals surface area contributed by atoms with Crippen LogP contribution in [0.3, 0.4) is 0 Å². The molecular weight excluding hydrogens is 256 g/mol. The molecule has 0 amide bonds. The van der Waals surface area contributed by atoms with E-state index >= 15 is 0 Å². The second-order valence-corrected chi connectivity index (χ2v) is 6.16. The first kappa shape index (κ1) is 17.1. The first-order chi connectivity index (χ1) is 9.42. The largest absolute Gasteiger partial charge is 0.394 e. The van der Waals surface area contributed by atoms with Crippen molar-refractivity contribution in [1.29, 1.82) is 0 Å². The molecule has 0 aliphatic heterocycles. The molecule has 0 fully saturated rings. The van der Waals surface area contributed by atoms with E-state index in [0.29, 0.717) is 13.2 Å². The summed E-state index contributed by atoms with van der Waals surface area (Å²) in [4.78, 5) is 0. The van der Waals surface area contributed by atoms with Gasteiger partial charge >= 0.3 is 0 Å². The van der Waals surface area contributed by atoms with Gasteiger partial charge in [0.25, 0.3) is 0 Å². The van der Waals surface area contributed by atoms with Crippen LogP contribution in [-0.2, 0) is 16.1 Å². The van der Waals surface area contributed by atoms with E-state index in [0.717, 1.165) is 5.56 Å². The van der Waals surface area contributed by atoms with E-state index in [1.807, 2.05) is 30.3 Å². The summed E-state index contributed by atoms with van der Waals surface area (Å²) in [7, 11) is 0. The number of rotatable bonds is 8. The number of ether oxygens (including phenoxy) is 2. The first-order valence-corrected chi connectivity index (χ1v) is 6.94. The summed E-state index contributed by atoms with van der Waals surface area (Å²) in [6.07, 6.45) is -1.43. The highest BCUT2D eigenvalue weighted by molar-refractivity contribution is 5.13. The third kappa shape index (κ3) is 7.01. The Kier molecular flexibility index (Phi) is 7.16. The zero-order chi connectivity index (χ0) is 15.0. The summed E-state index contributed by atoms with van der Waals surface area (Å²) in [5.74, 6) is 0. The van der Waals surface area contributed by atoms with Crippen LogP contribution in [0.2, 0.25) is 0 Å². The van der Waals surface area contributed by atoms with Gasteiger partial charge in [-0.15, -0.1) is 0 Å². The van der Waals surface area contributed by atoms with Crippen LogP contribution in [0.15, 0.2) is 30.3 Å². The molecule has 0 heterocycles. The molecule has 2 atom stereocenters. The summed E-state index contributed by atoms with van der Waals surface area (Å²) in [5.41, 5.74) is 1.08. The van der Waals surface area contributed by atoms with E-state index in [2.05, 4.69) is 20.8 Å². The van der Waals surface area contributed by atoms with E-state index in [1.54, 1.807) is 0 Å². The van der Waals surface area contributed by atoms with Gasteiger partial charge in [0, 0.05) is 0 Å². The molecule has 1 aromatic carbocycles. The number of hydrogen-bond acceptors (Lipinski definition) is 4. The molecule has 4 nitrogen and oxygen atoms in total. The van der Waals surface area contributed by atoms with Gasteiger partial charge < -0.3 is 19.7 Å². The lowest BCUT2D eigenvalue weighted by molar-refractivity contribution is -0.110. The van der Waals surface area contributed by atoms with E-state index < -0.39 is 12.2 Å². The molecule has 0 saturated carbocycles. The molecule has 114 valence electrons. The van der Waals surface area contributed by atoms with Crippen LogP contribution in [0.5, 0.6) is 0 Å². The SMILES string of the molecule is CC(C)(C)CO[C@@H](COCc1ccccc1)[C@H](O)CO. The molecule has 20 heavy (non-hydrogen) atoms. The fourth-order valence-electron chi connectivity index (χ4n) is 1.61. The minimum Gasteiger partial charge on any atom is -0.394 e. The Morgan fingerprint density at radius 1 is 1.15 bits per heavy atom. The highest BCUT2D eigenvalue weighted by atomic mass is 16.5. The molecule has 0 spiro atoms. The average Bonchev–Trinajstić information content (AvgIpc) is 2.42. The second kappa shape index (κ2) is 8.37. The molecule has 0 saturated heterocycles. The van der Waals surface area contributed by atoms with Crippen molar-refractivity contribution in [2.45, 2.75) is 39.6 Å². The van der Waals surface area contributed by atoms with Crippen LogP contribution in [0, 0.1) is 5.41 Å². The molecule has 4 heteroatoms. The first-order valence-electron chi connectivity index (χ1n) is 6.94. The molecule has 1 aromatic rings. The highest BCUT2D eigenvalue weighted by Gasteiger charge is 2.22. The Morgan fingerprint density at radius 3 is 2.35 bits per heavy atom. The molecule has 0 unspecified atom stereocenters. The van der Waals surface area contributed by atoms with Crippen LogP contribution < -0.4 is 0 Å². The Morgan fingerprint density at radius 2 is 1.80 bits per heavy atom. The van der Waals surface area contributed by atoms with Gasteiger partial charge in [-0.25, -0.2) is 0 Å². The van der Waals surface area contributed by atoms with Crippen LogP contribution >= 0.6 is 0 Å². The van der Waals surface area contributed by atoms with Crippen molar-refractivity contribution >= 4 is 0 Å². The molecule has 0 bridgehead atoms. The molecule has 0 radical (unpaired) electrons. The van der Waals surface area contributed by atoms with Crippen molar-refractivity contribution < 1.29 is 19.7 Å². The van der Waals surface area contributed by atoms with Gasteiger partial charge in [0.05, 0.1) is 26.4 Å². The third-order valence-corrected chi connectivity index (χ3v) is 2.74. The number of benzene rings is 1. The van der Waals surface area contributed by atoms with Gasteiger partial charge in [0.15, 0.2) is 0 Å². The fourth-order valence-corrected chi connectivity index (χ4v) is 1.61. The zero-order valence-corrected chi connectivity index (χ0v) is 12.6. The molecular formula is C16H26O4. The van der Waals surface area contributed by atoms with Crippen LogP contribution in [-0.4, -0.2) is 42.2 Å². The number of aliphatic hydroxyl groups is 2. The predicted octanol–water partition coefficient (Wildman–Crippen LogP) is 1.99. The lowest BCUT2D eigenvalue weighted by atomic mass is 9.98.